The fraction of sp³-hybridized carbons (Fsp3) is 0.345. The maximum atomic E-state index is 5.95. The number of hydrogen-bond acceptors (Lipinski definition) is 5. The zero-order valence-corrected chi connectivity index (χ0v) is 21.7. The molecule has 0 saturated carbocycles. The van der Waals surface area contributed by atoms with E-state index in [2.05, 4.69) is 40.5 Å². The van der Waals surface area contributed by atoms with E-state index in [1.165, 1.54) is 0 Å². The zero-order valence-electron chi connectivity index (χ0n) is 21.7. The highest BCUT2D eigenvalue weighted by Crippen LogP contribution is 2.22. The Morgan fingerprint density at radius 3 is 2.47 bits per heavy atom. The number of amidine groups is 1. The van der Waals surface area contributed by atoms with Crippen LogP contribution >= 0.6 is 0 Å². The molecule has 1 heterocycles. The minimum Gasteiger partial charge on any atom is -0.496 e. The number of nitrogen functional groups attached to an aromatic ring is 1. The largest absolute Gasteiger partial charge is 0.496 e. The lowest BCUT2D eigenvalue weighted by Gasteiger charge is -2.14. The van der Waals surface area contributed by atoms with Gasteiger partial charge in [-0.15, -0.1) is 0 Å². The van der Waals surface area contributed by atoms with Gasteiger partial charge in [-0.3, -0.25) is 0 Å². The van der Waals surface area contributed by atoms with E-state index in [1.807, 2.05) is 42.6 Å². The number of aromatic nitrogens is 1. The van der Waals surface area contributed by atoms with Crippen molar-refractivity contribution in [1.29, 1.82) is 0 Å². The second kappa shape index (κ2) is 13.4. The molecule has 1 aromatic heterocycles. The van der Waals surface area contributed by atoms with E-state index in [9.17, 15) is 0 Å². The summed E-state index contributed by atoms with van der Waals surface area (Å²) in [6, 6.07) is 15.9. The van der Waals surface area contributed by atoms with Crippen LogP contribution < -0.4 is 32.1 Å². The van der Waals surface area contributed by atoms with Gasteiger partial charge in [-0.25, -0.2) is 4.99 Å². The molecule has 36 heavy (non-hydrogen) atoms. The summed E-state index contributed by atoms with van der Waals surface area (Å²) in [5, 5.41) is 5.28. The summed E-state index contributed by atoms with van der Waals surface area (Å²) < 4.78 is 13.8. The number of nitrogens with two attached hydrogens (primary N) is 2. The molecule has 7 nitrogen and oxygen atoms in total. The second-order valence-electron chi connectivity index (χ2n) is 8.93. The van der Waals surface area contributed by atoms with Crippen LogP contribution in [0.25, 0.3) is 12.4 Å². The Morgan fingerprint density at radius 2 is 1.78 bits per heavy atom. The first kappa shape index (κ1) is 26.9. The van der Waals surface area contributed by atoms with Crippen LogP contribution in [0.4, 0.5) is 5.69 Å². The number of hydrogen-bond donors (Lipinski definition) is 3. The van der Waals surface area contributed by atoms with Gasteiger partial charge in [0.05, 0.1) is 38.1 Å². The summed E-state index contributed by atoms with van der Waals surface area (Å²) in [7, 11) is 1.69. The number of nitrogens with one attached hydrogen (secondary N) is 1. The van der Waals surface area contributed by atoms with Gasteiger partial charge in [0.1, 0.15) is 5.75 Å². The quantitative estimate of drug-likeness (QED) is 0.148. The lowest BCUT2D eigenvalue weighted by atomic mass is 10.1. The maximum Gasteiger partial charge on any atom is 0.152 e. The molecule has 0 radical (unpaired) electrons. The van der Waals surface area contributed by atoms with Crippen molar-refractivity contribution in [3.8, 4) is 5.75 Å². The highest BCUT2D eigenvalue weighted by Gasteiger charge is 2.09. The predicted octanol–water partition coefficient (Wildman–Crippen LogP) is 3.48. The second-order valence-corrected chi connectivity index (χ2v) is 8.93. The van der Waals surface area contributed by atoms with Gasteiger partial charge in [0, 0.05) is 24.0 Å². The van der Waals surface area contributed by atoms with Gasteiger partial charge in [0.2, 0.25) is 0 Å². The topological polar surface area (TPSA) is 99.8 Å². The minimum atomic E-state index is 0.489. The molecule has 0 unspecified atom stereocenters. The molecule has 192 valence electrons. The van der Waals surface area contributed by atoms with Crippen molar-refractivity contribution in [3.63, 3.8) is 0 Å². The molecule has 7 heteroatoms. The first-order valence-electron chi connectivity index (χ1n) is 12.4. The van der Waals surface area contributed by atoms with Crippen molar-refractivity contribution in [2.24, 2.45) is 10.7 Å². The summed E-state index contributed by atoms with van der Waals surface area (Å²) >= 11 is 0. The van der Waals surface area contributed by atoms with Gasteiger partial charge in [-0.2, -0.15) is 0 Å². The number of nitrogens with zero attached hydrogens (tertiary/aromatic N) is 2. The summed E-state index contributed by atoms with van der Waals surface area (Å²) in [6.45, 7) is 10.7. The molecule has 0 amide bonds. The average molecular weight is 490 g/mol. The van der Waals surface area contributed by atoms with E-state index in [1.54, 1.807) is 14.0 Å². The number of unbranched alkanes of at least 4 members (excludes halogenated alkanes) is 2. The van der Waals surface area contributed by atoms with Crippen molar-refractivity contribution in [1.82, 2.24) is 9.88 Å². The Labute approximate surface area is 214 Å². The lowest BCUT2D eigenvalue weighted by molar-refractivity contribution is 0.107. The molecule has 3 rings (SSSR count). The van der Waals surface area contributed by atoms with Gasteiger partial charge < -0.3 is 30.8 Å². The Bertz CT molecular complexity index is 1260. The third-order valence-corrected chi connectivity index (χ3v) is 5.84. The number of ether oxygens (including phenoxy) is 2. The smallest absolute Gasteiger partial charge is 0.152 e. The summed E-state index contributed by atoms with van der Waals surface area (Å²) in [4.78, 5) is 4.58. The van der Waals surface area contributed by atoms with E-state index in [-0.39, 0.29) is 0 Å². The predicted molar refractivity (Wildman–Crippen MR) is 149 cm³/mol. The fourth-order valence-corrected chi connectivity index (χ4v) is 3.97. The molecule has 2 aromatic carbocycles. The van der Waals surface area contributed by atoms with Crippen LogP contribution in [-0.4, -0.2) is 24.1 Å². The van der Waals surface area contributed by atoms with E-state index < -0.39 is 0 Å². The highest BCUT2D eigenvalue weighted by atomic mass is 16.5. The Kier molecular flexibility index (Phi) is 10.0. The molecule has 5 N–H and O–H groups in total. The summed E-state index contributed by atoms with van der Waals surface area (Å²) in [5.74, 6) is 2.05. The molecule has 0 spiro atoms. The molecule has 0 saturated heterocycles. The van der Waals surface area contributed by atoms with Crippen LogP contribution in [0.1, 0.15) is 49.8 Å². The molecular weight excluding hydrogens is 450 g/mol. The van der Waals surface area contributed by atoms with Gasteiger partial charge in [0.25, 0.3) is 0 Å². The molecule has 3 aromatic rings. The van der Waals surface area contributed by atoms with Crippen LogP contribution in [-0.2, 0) is 24.5 Å². The number of aliphatic imine (C=N–C) groups is 1. The third kappa shape index (κ3) is 7.65. The first-order chi connectivity index (χ1) is 17.4. The summed E-state index contributed by atoms with van der Waals surface area (Å²) in [5.41, 5.74) is 15.6. The molecular formula is C29H39N5O2. The van der Waals surface area contributed by atoms with Crippen molar-refractivity contribution >= 4 is 23.9 Å². The van der Waals surface area contributed by atoms with E-state index in [0.717, 1.165) is 70.3 Å². The van der Waals surface area contributed by atoms with Crippen LogP contribution in [0.2, 0.25) is 0 Å². The maximum absolute atomic E-state index is 5.95. The van der Waals surface area contributed by atoms with Gasteiger partial charge >= 0.3 is 0 Å². The lowest BCUT2D eigenvalue weighted by Crippen LogP contribution is -2.36. The van der Waals surface area contributed by atoms with Gasteiger partial charge in [0.15, 0.2) is 5.82 Å². The standard InChI is InChI=1S/C29H39N5O2/c1-5-6-7-15-32-29(33-22(3)30)28-21(2)14-16-34(28)18-25-11-8-24(17-27(25)35-4)20-36-19-23-9-12-26(31)13-10-23/h8-14,16-17,32H,2,5-7,15,18-20,31H2,1,3-4H3,(H2,30,33)/b29-28+. The van der Waals surface area contributed by atoms with Crippen LogP contribution in [0.5, 0.6) is 5.75 Å². The SMILES string of the molecule is C=c1ccn(Cc2ccc(COCc3ccc(N)cc3)cc2OC)/c1=C(/N=C(\C)N)NCCCCC. The average Bonchev–Trinajstić information content (AvgIpc) is 3.22. The van der Waals surface area contributed by atoms with Crippen molar-refractivity contribution in [3.05, 3.63) is 82.0 Å². The number of anilines is 1. The van der Waals surface area contributed by atoms with Crippen molar-refractivity contribution < 1.29 is 9.47 Å². The number of methoxy groups -OCH3 is 1. The Balaban J connectivity index is 1.79. The van der Waals surface area contributed by atoms with Crippen LogP contribution in [0, 0.1) is 0 Å². The van der Waals surface area contributed by atoms with Crippen molar-refractivity contribution in [2.45, 2.75) is 52.9 Å². The zero-order chi connectivity index (χ0) is 25.9. The number of rotatable bonds is 13. The van der Waals surface area contributed by atoms with Crippen LogP contribution in [0.15, 0.2) is 59.7 Å². The normalized spacial score (nSPS) is 12.5. The molecule has 0 atom stereocenters. The molecule has 0 bridgehead atoms. The van der Waals surface area contributed by atoms with Gasteiger partial charge in [-0.1, -0.05) is 50.6 Å². The van der Waals surface area contributed by atoms with Gasteiger partial charge in [-0.05, 0) is 54.0 Å². The van der Waals surface area contributed by atoms with E-state index in [4.69, 9.17) is 20.9 Å². The number of benzene rings is 2. The molecule has 0 fully saturated rings. The molecule has 0 aliphatic carbocycles. The van der Waals surface area contributed by atoms with E-state index in [0.29, 0.717) is 25.6 Å². The molecule has 0 aliphatic heterocycles. The fourth-order valence-electron chi connectivity index (χ4n) is 3.97. The minimum absolute atomic E-state index is 0.489. The highest BCUT2D eigenvalue weighted by molar-refractivity contribution is 5.81. The summed E-state index contributed by atoms with van der Waals surface area (Å²) in [6.07, 6.45) is 5.42. The first-order valence-corrected chi connectivity index (χ1v) is 12.4. The molecule has 0 aliphatic rings. The van der Waals surface area contributed by atoms with E-state index >= 15 is 0 Å². The Morgan fingerprint density at radius 1 is 1.06 bits per heavy atom. The Hall–Kier alpha value is -3.71. The van der Waals surface area contributed by atoms with Crippen molar-refractivity contribution in [2.75, 3.05) is 19.4 Å². The third-order valence-electron chi connectivity index (χ3n) is 5.84. The monoisotopic (exact) mass is 489 g/mol. The van der Waals surface area contributed by atoms with Crippen LogP contribution in [0.3, 0.4) is 0 Å².